The van der Waals surface area contributed by atoms with Crippen LogP contribution >= 0.6 is 0 Å². The topological polar surface area (TPSA) is 9.23 Å². The van der Waals surface area contributed by atoms with E-state index in [2.05, 4.69) is 0 Å². The summed E-state index contributed by atoms with van der Waals surface area (Å²) in [6.45, 7) is 2.32. The van der Waals surface area contributed by atoms with Crippen LogP contribution in [0.15, 0.2) is 66.7 Å². The van der Waals surface area contributed by atoms with Gasteiger partial charge in [-0.15, -0.1) is 0 Å². The predicted octanol–water partition coefficient (Wildman–Crippen LogP) is 7.76. The maximum atomic E-state index is 15.1. The standard InChI is InChI=1S/C29H26F4O/c1-2-15-34-24-17-27(31)26(28(32)18-24)14-7-20-6-13-25-22(16-20)10-9-21(29(25)33)8-3-19-4-11-23(30)12-5-19/h4-6,9-13,16-18H,2-3,7-8,14-15H2,1H3. The Morgan fingerprint density at radius 3 is 2.06 bits per heavy atom. The maximum Gasteiger partial charge on any atom is 0.134 e. The molecule has 0 saturated heterocycles. The van der Waals surface area contributed by atoms with Crippen LogP contribution in [-0.2, 0) is 25.7 Å². The van der Waals surface area contributed by atoms with Gasteiger partial charge in [-0.05, 0) is 66.3 Å². The second-order valence-electron chi connectivity index (χ2n) is 8.43. The maximum absolute atomic E-state index is 15.1. The van der Waals surface area contributed by atoms with Crippen LogP contribution in [0.4, 0.5) is 17.6 Å². The third-order valence-electron chi connectivity index (χ3n) is 5.95. The normalized spacial score (nSPS) is 11.2. The molecule has 0 aliphatic carbocycles. The second kappa shape index (κ2) is 10.7. The molecule has 0 saturated carbocycles. The molecule has 0 atom stereocenters. The van der Waals surface area contributed by atoms with Crippen LogP contribution < -0.4 is 4.74 Å². The van der Waals surface area contributed by atoms with Crippen molar-refractivity contribution in [1.29, 1.82) is 0 Å². The van der Waals surface area contributed by atoms with Crippen LogP contribution in [0.25, 0.3) is 10.8 Å². The van der Waals surface area contributed by atoms with Gasteiger partial charge in [0.1, 0.15) is 29.0 Å². The second-order valence-corrected chi connectivity index (χ2v) is 8.43. The van der Waals surface area contributed by atoms with Gasteiger partial charge in [-0.2, -0.15) is 0 Å². The number of aryl methyl sites for hydroxylation is 3. The lowest BCUT2D eigenvalue weighted by Gasteiger charge is -2.11. The van der Waals surface area contributed by atoms with Crippen molar-refractivity contribution in [3.8, 4) is 5.75 Å². The average molecular weight is 467 g/mol. The number of rotatable bonds is 9. The molecule has 4 rings (SSSR count). The van der Waals surface area contributed by atoms with E-state index >= 15 is 4.39 Å². The smallest absolute Gasteiger partial charge is 0.134 e. The lowest BCUT2D eigenvalue weighted by Crippen LogP contribution is -2.02. The average Bonchev–Trinajstić information content (AvgIpc) is 2.83. The minimum Gasteiger partial charge on any atom is -0.493 e. The van der Waals surface area contributed by atoms with E-state index in [0.717, 1.165) is 22.9 Å². The number of halogens is 4. The zero-order valence-electron chi connectivity index (χ0n) is 19.0. The van der Waals surface area contributed by atoms with Crippen LogP contribution in [0.2, 0.25) is 0 Å². The van der Waals surface area contributed by atoms with Crippen molar-refractivity contribution in [2.24, 2.45) is 0 Å². The molecule has 0 spiro atoms. The van der Waals surface area contributed by atoms with Gasteiger partial charge >= 0.3 is 0 Å². The number of benzene rings is 4. The Bertz CT molecular complexity index is 1260. The molecule has 5 heteroatoms. The third-order valence-corrected chi connectivity index (χ3v) is 5.95. The summed E-state index contributed by atoms with van der Waals surface area (Å²) in [6, 6.07) is 17.7. The van der Waals surface area contributed by atoms with Crippen LogP contribution in [0.3, 0.4) is 0 Å². The first-order valence-electron chi connectivity index (χ1n) is 11.5. The molecule has 4 aromatic carbocycles. The molecule has 0 bridgehead atoms. The Hall–Kier alpha value is -3.34. The van der Waals surface area contributed by atoms with E-state index in [0.29, 0.717) is 36.8 Å². The first-order valence-corrected chi connectivity index (χ1v) is 11.5. The molecule has 0 aliphatic rings. The van der Waals surface area contributed by atoms with Gasteiger partial charge in [0.05, 0.1) is 6.61 Å². The summed E-state index contributed by atoms with van der Waals surface area (Å²) in [5.74, 6) is -1.62. The molecule has 0 aromatic heterocycles. The third kappa shape index (κ3) is 5.58. The molecular weight excluding hydrogens is 440 g/mol. The monoisotopic (exact) mass is 466 g/mol. The van der Waals surface area contributed by atoms with E-state index < -0.39 is 11.6 Å². The summed E-state index contributed by atoms with van der Waals surface area (Å²) in [6.07, 6.45) is 2.48. The molecule has 0 fully saturated rings. The zero-order chi connectivity index (χ0) is 24.1. The van der Waals surface area contributed by atoms with Gasteiger partial charge in [-0.3, -0.25) is 0 Å². The first kappa shape index (κ1) is 23.8. The number of ether oxygens (including phenoxy) is 1. The largest absolute Gasteiger partial charge is 0.493 e. The Morgan fingerprint density at radius 1 is 0.676 bits per heavy atom. The molecular formula is C29H26F4O. The zero-order valence-corrected chi connectivity index (χ0v) is 19.0. The van der Waals surface area contributed by atoms with E-state index in [-0.39, 0.29) is 29.4 Å². The molecule has 0 radical (unpaired) electrons. The quantitative estimate of drug-likeness (QED) is 0.229. The number of fused-ring (bicyclic) bond motifs is 1. The Morgan fingerprint density at radius 2 is 1.35 bits per heavy atom. The van der Waals surface area contributed by atoms with E-state index in [1.54, 1.807) is 30.3 Å². The van der Waals surface area contributed by atoms with Crippen molar-refractivity contribution in [1.82, 2.24) is 0 Å². The first-order chi connectivity index (χ1) is 16.4. The minimum atomic E-state index is -0.622. The molecule has 34 heavy (non-hydrogen) atoms. The fourth-order valence-electron chi connectivity index (χ4n) is 4.06. The summed E-state index contributed by atoms with van der Waals surface area (Å²) < 4.78 is 62.3. The summed E-state index contributed by atoms with van der Waals surface area (Å²) in [4.78, 5) is 0. The van der Waals surface area contributed by atoms with Gasteiger partial charge in [-0.25, -0.2) is 17.6 Å². The van der Waals surface area contributed by atoms with Crippen LogP contribution in [0, 0.1) is 23.3 Å². The highest BCUT2D eigenvalue weighted by Gasteiger charge is 2.13. The lowest BCUT2D eigenvalue weighted by molar-refractivity contribution is 0.313. The van der Waals surface area contributed by atoms with Gasteiger partial charge in [0, 0.05) is 23.1 Å². The summed E-state index contributed by atoms with van der Waals surface area (Å²) >= 11 is 0. The highest BCUT2D eigenvalue weighted by atomic mass is 19.1. The number of hydrogen-bond acceptors (Lipinski definition) is 1. The minimum absolute atomic E-state index is 0.0197. The van der Waals surface area contributed by atoms with Crippen molar-refractivity contribution in [2.75, 3.05) is 6.61 Å². The molecule has 4 aromatic rings. The summed E-state index contributed by atoms with van der Waals surface area (Å²) in [7, 11) is 0. The van der Waals surface area contributed by atoms with Crippen molar-refractivity contribution in [2.45, 2.75) is 39.0 Å². The predicted molar refractivity (Wildman–Crippen MR) is 127 cm³/mol. The van der Waals surface area contributed by atoms with Gasteiger partial charge in [-0.1, -0.05) is 49.4 Å². The van der Waals surface area contributed by atoms with Crippen LogP contribution in [0.5, 0.6) is 5.75 Å². The SMILES string of the molecule is CCCOc1cc(F)c(CCc2ccc3c(F)c(CCc4ccc(F)cc4)ccc3c2)c(F)c1. The fourth-order valence-corrected chi connectivity index (χ4v) is 4.06. The Labute approximate surface area is 197 Å². The van der Waals surface area contributed by atoms with Crippen LogP contribution in [0.1, 0.15) is 35.6 Å². The van der Waals surface area contributed by atoms with Crippen LogP contribution in [-0.4, -0.2) is 6.61 Å². The Kier molecular flexibility index (Phi) is 7.51. The highest BCUT2D eigenvalue weighted by Crippen LogP contribution is 2.26. The van der Waals surface area contributed by atoms with Crippen molar-refractivity contribution in [3.05, 3.63) is 112 Å². The molecule has 176 valence electrons. The highest BCUT2D eigenvalue weighted by molar-refractivity contribution is 5.84. The van der Waals surface area contributed by atoms with Crippen molar-refractivity contribution >= 4 is 10.8 Å². The Balaban J connectivity index is 1.45. The summed E-state index contributed by atoms with van der Waals surface area (Å²) in [5.41, 5.74) is 2.43. The van der Waals surface area contributed by atoms with Crippen molar-refractivity contribution < 1.29 is 22.3 Å². The van der Waals surface area contributed by atoms with Gasteiger partial charge in [0.15, 0.2) is 0 Å². The molecule has 0 heterocycles. The van der Waals surface area contributed by atoms with Gasteiger partial charge in [0.2, 0.25) is 0 Å². The molecule has 0 unspecified atom stereocenters. The van der Waals surface area contributed by atoms with E-state index in [9.17, 15) is 13.2 Å². The van der Waals surface area contributed by atoms with E-state index in [4.69, 9.17) is 4.74 Å². The van der Waals surface area contributed by atoms with Gasteiger partial charge < -0.3 is 4.74 Å². The molecule has 1 nitrogen and oxygen atoms in total. The molecule has 0 amide bonds. The van der Waals surface area contributed by atoms with Gasteiger partial charge in [0.25, 0.3) is 0 Å². The lowest BCUT2D eigenvalue weighted by atomic mass is 9.97. The van der Waals surface area contributed by atoms with E-state index in [1.807, 2.05) is 19.1 Å². The molecule has 0 aliphatic heterocycles. The van der Waals surface area contributed by atoms with Crippen molar-refractivity contribution in [3.63, 3.8) is 0 Å². The summed E-state index contributed by atoms with van der Waals surface area (Å²) in [5, 5.41) is 1.25. The number of hydrogen-bond donors (Lipinski definition) is 0. The molecule has 0 N–H and O–H groups in total. The van der Waals surface area contributed by atoms with E-state index in [1.165, 1.54) is 24.3 Å². The fraction of sp³-hybridized carbons (Fsp3) is 0.241.